The van der Waals surface area contributed by atoms with E-state index in [4.69, 9.17) is 21.1 Å². The predicted molar refractivity (Wildman–Crippen MR) is 115 cm³/mol. The summed E-state index contributed by atoms with van der Waals surface area (Å²) in [5.74, 6) is 1.71. The van der Waals surface area contributed by atoms with E-state index in [1.54, 1.807) is 7.11 Å². The Morgan fingerprint density at radius 1 is 1.03 bits per heavy atom. The molecule has 1 saturated heterocycles. The Hall–Kier alpha value is -2.28. The summed E-state index contributed by atoms with van der Waals surface area (Å²) in [5.41, 5.74) is 1.01. The molecule has 7 heteroatoms. The van der Waals surface area contributed by atoms with Gasteiger partial charge in [-0.25, -0.2) is 0 Å². The first-order valence-electron chi connectivity index (χ1n) is 9.85. The topological polar surface area (TPSA) is 54.0 Å². The quantitative estimate of drug-likeness (QED) is 0.679. The third kappa shape index (κ3) is 7.24. The monoisotopic (exact) mass is 417 g/mol. The maximum atomic E-state index is 12.2. The summed E-state index contributed by atoms with van der Waals surface area (Å²) in [6, 6.07) is 15.2. The number of benzene rings is 2. The fraction of sp³-hybridized carbons (Fsp3) is 0.409. The van der Waals surface area contributed by atoms with Crippen molar-refractivity contribution < 1.29 is 14.3 Å². The lowest BCUT2D eigenvalue weighted by Gasteiger charge is -2.34. The van der Waals surface area contributed by atoms with Gasteiger partial charge in [0.1, 0.15) is 18.1 Å². The van der Waals surface area contributed by atoms with E-state index in [9.17, 15) is 4.79 Å². The second kappa shape index (κ2) is 11.0. The number of nitrogens with one attached hydrogen (secondary N) is 1. The number of hydrogen-bond acceptors (Lipinski definition) is 5. The highest BCUT2D eigenvalue weighted by Gasteiger charge is 2.18. The Balaban J connectivity index is 1.30. The highest BCUT2D eigenvalue weighted by Crippen LogP contribution is 2.17. The molecule has 2 aromatic carbocycles. The first kappa shape index (κ1) is 21.4. The maximum Gasteiger partial charge on any atom is 0.234 e. The first-order chi connectivity index (χ1) is 14.1. The molecule has 0 aromatic heterocycles. The van der Waals surface area contributed by atoms with Crippen molar-refractivity contribution in [3.8, 4) is 11.5 Å². The van der Waals surface area contributed by atoms with E-state index < -0.39 is 0 Å². The van der Waals surface area contributed by atoms with Gasteiger partial charge in [-0.2, -0.15) is 0 Å². The number of ether oxygens (including phenoxy) is 2. The summed E-state index contributed by atoms with van der Waals surface area (Å²) < 4.78 is 10.9. The average Bonchev–Trinajstić information content (AvgIpc) is 2.74. The molecule has 0 bridgehead atoms. The molecule has 0 radical (unpaired) electrons. The molecule has 0 aliphatic carbocycles. The van der Waals surface area contributed by atoms with Crippen molar-refractivity contribution in [3.05, 3.63) is 59.1 Å². The lowest BCUT2D eigenvalue weighted by molar-refractivity contribution is -0.122. The molecule has 0 unspecified atom stereocenters. The molecule has 29 heavy (non-hydrogen) atoms. The van der Waals surface area contributed by atoms with Crippen LogP contribution in [0.3, 0.4) is 0 Å². The van der Waals surface area contributed by atoms with Gasteiger partial charge in [0.2, 0.25) is 5.91 Å². The lowest BCUT2D eigenvalue weighted by atomic mass is 10.2. The number of piperazine rings is 1. The number of carbonyl (C=O) groups is 1. The van der Waals surface area contributed by atoms with Crippen LogP contribution >= 0.6 is 11.6 Å². The minimum absolute atomic E-state index is 0.0428. The highest BCUT2D eigenvalue weighted by atomic mass is 35.5. The number of nitrogens with zero attached hydrogens (tertiary/aromatic N) is 2. The van der Waals surface area contributed by atoms with Crippen molar-refractivity contribution >= 4 is 17.5 Å². The molecule has 1 fully saturated rings. The smallest absolute Gasteiger partial charge is 0.234 e. The van der Waals surface area contributed by atoms with Gasteiger partial charge >= 0.3 is 0 Å². The predicted octanol–water partition coefficient (Wildman–Crippen LogP) is 2.66. The van der Waals surface area contributed by atoms with E-state index in [1.807, 2.05) is 48.5 Å². The Morgan fingerprint density at radius 2 is 1.72 bits per heavy atom. The highest BCUT2D eigenvalue weighted by molar-refractivity contribution is 6.30. The SMILES string of the molecule is COc1ccc(OCCN2CCN(CC(=O)NCc3cccc(Cl)c3)CC2)cc1. The summed E-state index contributed by atoms with van der Waals surface area (Å²) in [4.78, 5) is 16.8. The van der Waals surface area contributed by atoms with Gasteiger partial charge in [0.25, 0.3) is 0 Å². The Bertz CT molecular complexity index is 777. The van der Waals surface area contributed by atoms with Gasteiger partial charge in [0, 0.05) is 44.3 Å². The van der Waals surface area contributed by atoms with Crippen LogP contribution in [-0.4, -0.2) is 68.7 Å². The van der Waals surface area contributed by atoms with E-state index in [-0.39, 0.29) is 5.91 Å². The normalized spacial score (nSPS) is 15.1. The molecule has 6 nitrogen and oxygen atoms in total. The number of hydrogen-bond donors (Lipinski definition) is 1. The zero-order valence-electron chi connectivity index (χ0n) is 16.8. The minimum atomic E-state index is 0.0428. The van der Waals surface area contributed by atoms with Crippen LogP contribution in [0.5, 0.6) is 11.5 Å². The maximum absolute atomic E-state index is 12.2. The van der Waals surface area contributed by atoms with E-state index in [0.717, 1.165) is 49.8 Å². The number of methoxy groups -OCH3 is 1. The molecular formula is C22H28ClN3O3. The molecule has 0 atom stereocenters. The molecule has 2 aromatic rings. The second-order valence-corrected chi connectivity index (χ2v) is 7.48. The second-order valence-electron chi connectivity index (χ2n) is 7.05. The van der Waals surface area contributed by atoms with E-state index >= 15 is 0 Å². The minimum Gasteiger partial charge on any atom is -0.497 e. The molecule has 0 saturated carbocycles. The van der Waals surface area contributed by atoms with Gasteiger partial charge in [0.05, 0.1) is 13.7 Å². The van der Waals surface area contributed by atoms with Crippen LogP contribution in [0.2, 0.25) is 5.02 Å². The zero-order valence-corrected chi connectivity index (χ0v) is 17.5. The number of amides is 1. The van der Waals surface area contributed by atoms with Crippen molar-refractivity contribution in [2.24, 2.45) is 0 Å². The van der Waals surface area contributed by atoms with Crippen molar-refractivity contribution in [2.45, 2.75) is 6.54 Å². The summed E-state index contributed by atoms with van der Waals surface area (Å²) >= 11 is 5.97. The summed E-state index contributed by atoms with van der Waals surface area (Å²) in [5, 5.41) is 3.65. The van der Waals surface area contributed by atoms with Crippen LogP contribution in [-0.2, 0) is 11.3 Å². The molecule has 1 heterocycles. The molecular weight excluding hydrogens is 390 g/mol. The summed E-state index contributed by atoms with van der Waals surface area (Å²) in [6.07, 6.45) is 0. The molecule has 1 amide bonds. The fourth-order valence-electron chi connectivity index (χ4n) is 3.24. The van der Waals surface area contributed by atoms with E-state index in [1.165, 1.54) is 0 Å². The molecule has 156 valence electrons. The third-order valence-electron chi connectivity index (χ3n) is 4.95. The van der Waals surface area contributed by atoms with Gasteiger partial charge in [0.15, 0.2) is 0 Å². The summed E-state index contributed by atoms with van der Waals surface area (Å²) in [6.45, 7) is 6.09. The van der Waals surface area contributed by atoms with Gasteiger partial charge in [-0.3, -0.25) is 14.6 Å². The van der Waals surface area contributed by atoms with Gasteiger partial charge in [-0.15, -0.1) is 0 Å². The molecule has 1 aliphatic heterocycles. The van der Waals surface area contributed by atoms with Crippen LogP contribution in [0, 0.1) is 0 Å². The van der Waals surface area contributed by atoms with Crippen LogP contribution in [0.1, 0.15) is 5.56 Å². The average molecular weight is 418 g/mol. The van der Waals surface area contributed by atoms with E-state index in [2.05, 4.69) is 15.1 Å². The Labute approximate surface area is 177 Å². The van der Waals surface area contributed by atoms with Crippen molar-refractivity contribution in [1.82, 2.24) is 15.1 Å². The van der Waals surface area contributed by atoms with Gasteiger partial charge in [-0.05, 0) is 42.0 Å². The molecule has 1 N–H and O–H groups in total. The fourth-order valence-corrected chi connectivity index (χ4v) is 3.46. The van der Waals surface area contributed by atoms with Crippen molar-refractivity contribution in [3.63, 3.8) is 0 Å². The first-order valence-corrected chi connectivity index (χ1v) is 10.2. The van der Waals surface area contributed by atoms with Crippen molar-refractivity contribution in [2.75, 3.05) is 53.0 Å². The number of rotatable bonds is 9. The molecule has 3 rings (SSSR count). The Morgan fingerprint density at radius 3 is 2.41 bits per heavy atom. The number of carbonyl (C=O) groups excluding carboxylic acids is 1. The van der Waals surface area contributed by atoms with E-state index in [0.29, 0.717) is 24.7 Å². The zero-order chi connectivity index (χ0) is 20.5. The summed E-state index contributed by atoms with van der Waals surface area (Å²) in [7, 11) is 1.65. The molecule has 1 aliphatic rings. The van der Waals surface area contributed by atoms with Crippen LogP contribution < -0.4 is 14.8 Å². The van der Waals surface area contributed by atoms with Crippen molar-refractivity contribution in [1.29, 1.82) is 0 Å². The Kier molecular flexibility index (Phi) is 8.16. The lowest BCUT2D eigenvalue weighted by Crippen LogP contribution is -2.50. The largest absolute Gasteiger partial charge is 0.497 e. The molecule has 0 spiro atoms. The van der Waals surface area contributed by atoms with Crippen LogP contribution in [0.25, 0.3) is 0 Å². The van der Waals surface area contributed by atoms with Crippen LogP contribution in [0.4, 0.5) is 0 Å². The third-order valence-corrected chi connectivity index (χ3v) is 5.18. The number of halogens is 1. The van der Waals surface area contributed by atoms with Crippen LogP contribution in [0.15, 0.2) is 48.5 Å². The standard InChI is InChI=1S/C22H28ClN3O3/c1-28-20-5-7-21(8-6-20)29-14-13-25-9-11-26(12-10-25)17-22(27)24-16-18-3-2-4-19(23)15-18/h2-8,15H,9-14,16-17H2,1H3,(H,24,27). The van der Waals surface area contributed by atoms with Gasteiger partial charge in [-0.1, -0.05) is 23.7 Å². The van der Waals surface area contributed by atoms with Gasteiger partial charge < -0.3 is 14.8 Å².